The van der Waals surface area contributed by atoms with Gasteiger partial charge in [-0.1, -0.05) is 18.2 Å². The Bertz CT molecular complexity index is 620. The van der Waals surface area contributed by atoms with Crippen molar-refractivity contribution in [3.63, 3.8) is 0 Å². The molecule has 0 fully saturated rings. The maximum absolute atomic E-state index is 12.3. The van der Waals surface area contributed by atoms with Gasteiger partial charge < -0.3 is 20.6 Å². The summed E-state index contributed by atoms with van der Waals surface area (Å²) in [5.74, 6) is -0.868. The van der Waals surface area contributed by atoms with Crippen molar-refractivity contribution in [3.8, 4) is 0 Å². The summed E-state index contributed by atoms with van der Waals surface area (Å²) in [5.41, 5.74) is 6.28. The zero-order valence-corrected chi connectivity index (χ0v) is 11.9. The highest BCUT2D eigenvalue weighted by atomic mass is 16.3. The number of hydrogen-bond donors (Lipinski definition) is 3. The number of carbonyl (C=O) groups is 1. The van der Waals surface area contributed by atoms with E-state index in [-0.39, 0.29) is 17.2 Å². The topological polar surface area (TPSA) is 93.6 Å². The molecule has 2 rings (SSSR count). The van der Waals surface area contributed by atoms with E-state index in [2.05, 4.69) is 0 Å². The fraction of sp³-hybridized carbons (Fsp3) is 0.200. The Morgan fingerprint density at radius 3 is 2.48 bits per heavy atom. The van der Waals surface area contributed by atoms with Gasteiger partial charge in [-0.25, -0.2) is 0 Å². The Labute approximate surface area is 123 Å². The first-order chi connectivity index (χ1) is 9.93. The number of rotatable bonds is 2. The highest BCUT2D eigenvalue weighted by molar-refractivity contribution is 6.26. The minimum Gasteiger partial charge on any atom is -0.510 e. The van der Waals surface area contributed by atoms with Crippen LogP contribution in [0, 0.1) is 5.41 Å². The fourth-order valence-electron chi connectivity index (χ4n) is 1.97. The van der Waals surface area contributed by atoms with Gasteiger partial charge in [-0.3, -0.25) is 10.2 Å². The van der Waals surface area contributed by atoms with Crippen LogP contribution in [-0.4, -0.2) is 34.8 Å². The smallest absolute Gasteiger partial charge is 0.264 e. The Hall–Kier alpha value is -2.60. The van der Waals surface area contributed by atoms with Gasteiger partial charge in [-0.15, -0.1) is 0 Å². The van der Waals surface area contributed by atoms with E-state index in [9.17, 15) is 9.90 Å². The highest BCUT2D eigenvalue weighted by Crippen LogP contribution is 2.22. The summed E-state index contributed by atoms with van der Waals surface area (Å²) in [6, 6.07) is 8.43. The predicted molar refractivity (Wildman–Crippen MR) is 81.9 cm³/mol. The van der Waals surface area contributed by atoms with Crippen LogP contribution in [0.4, 0.5) is 5.69 Å². The van der Waals surface area contributed by atoms with Gasteiger partial charge in [-0.2, -0.15) is 0 Å². The minimum absolute atomic E-state index is 0.0960. The molecule has 1 heterocycles. The van der Waals surface area contributed by atoms with Crippen LogP contribution in [0.15, 0.2) is 54.1 Å². The van der Waals surface area contributed by atoms with Gasteiger partial charge in [0.1, 0.15) is 17.2 Å². The lowest BCUT2D eigenvalue weighted by molar-refractivity contribution is -0.123. The van der Waals surface area contributed by atoms with Crippen molar-refractivity contribution in [1.29, 1.82) is 5.41 Å². The van der Waals surface area contributed by atoms with Crippen molar-refractivity contribution < 1.29 is 9.90 Å². The number of nitrogens with zero attached hydrogens (tertiary/aromatic N) is 2. The molecule has 1 aliphatic rings. The summed E-state index contributed by atoms with van der Waals surface area (Å²) in [6.07, 6.45) is 3.16. The van der Waals surface area contributed by atoms with E-state index in [1.807, 2.05) is 30.3 Å². The van der Waals surface area contributed by atoms with E-state index in [1.54, 1.807) is 26.4 Å². The van der Waals surface area contributed by atoms with Gasteiger partial charge in [0.25, 0.3) is 5.91 Å². The first-order valence-corrected chi connectivity index (χ1v) is 6.51. The van der Waals surface area contributed by atoms with Crippen LogP contribution >= 0.6 is 0 Å². The normalized spacial score (nSPS) is 19.6. The molecule has 21 heavy (non-hydrogen) atoms. The molecule has 0 saturated carbocycles. The molecule has 0 unspecified atom stereocenters. The monoisotopic (exact) mass is 286 g/mol. The second-order valence-corrected chi connectivity index (χ2v) is 4.82. The second kappa shape index (κ2) is 5.80. The van der Waals surface area contributed by atoms with Crippen LogP contribution in [0.5, 0.6) is 0 Å². The van der Waals surface area contributed by atoms with E-state index in [0.29, 0.717) is 0 Å². The van der Waals surface area contributed by atoms with Crippen LogP contribution in [-0.2, 0) is 4.79 Å². The third-order valence-electron chi connectivity index (χ3n) is 3.17. The Morgan fingerprint density at radius 1 is 1.29 bits per heavy atom. The summed E-state index contributed by atoms with van der Waals surface area (Å²) in [5, 5.41) is 18.4. The molecule has 0 radical (unpaired) electrons. The summed E-state index contributed by atoms with van der Waals surface area (Å²) >= 11 is 0. The zero-order chi connectivity index (χ0) is 15.6. The summed E-state index contributed by atoms with van der Waals surface area (Å²) in [7, 11) is 1.56. The molecule has 1 atom stereocenters. The quantitative estimate of drug-likeness (QED) is 0.568. The SMILES string of the molecule is C[C@H](N)/C(O)=C1\C(=N)N(c2ccccc2)C=CN(C)C1=O. The molecule has 0 bridgehead atoms. The van der Waals surface area contributed by atoms with Crippen LogP contribution < -0.4 is 10.6 Å². The van der Waals surface area contributed by atoms with Crippen LogP contribution in [0.3, 0.4) is 0 Å². The van der Waals surface area contributed by atoms with Crippen molar-refractivity contribution in [2.75, 3.05) is 11.9 Å². The van der Waals surface area contributed by atoms with E-state index >= 15 is 0 Å². The third-order valence-corrected chi connectivity index (χ3v) is 3.17. The van der Waals surface area contributed by atoms with Gasteiger partial charge in [0.05, 0.1) is 6.04 Å². The number of benzene rings is 1. The molecule has 1 aliphatic heterocycles. The number of anilines is 1. The molecule has 0 saturated heterocycles. The molecule has 4 N–H and O–H groups in total. The highest BCUT2D eigenvalue weighted by Gasteiger charge is 2.30. The Kier molecular flexibility index (Phi) is 4.09. The van der Waals surface area contributed by atoms with Gasteiger partial charge in [0.2, 0.25) is 0 Å². The van der Waals surface area contributed by atoms with Gasteiger partial charge in [0.15, 0.2) is 0 Å². The summed E-state index contributed by atoms with van der Waals surface area (Å²) < 4.78 is 0. The molecule has 6 heteroatoms. The molecule has 1 aromatic rings. The molecule has 0 aromatic heterocycles. The van der Waals surface area contributed by atoms with Crippen molar-refractivity contribution in [3.05, 3.63) is 54.1 Å². The number of nitrogens with two attached hydrogens (primary N) is 1. The lowest BCUT2D eigenvalue weighted by atomic mass is 10.1. The second-order valence-electron chi connectivity index (χ2n) is 4.82. The van der Waals surface area contributed by atoms with Crippen molar-refractivity contribution in [1.82, 2.24) is 4.90 Å². The number of para-hydroxylation sites is 1. The summed E-state index contributed by atoms with van der Waals surface area (Å²) in [6.45, 7) is 1.56. The van der Waals surface area contributed by atoms with Gasteiger partial charge in [0, 0.05) is 25.1 Å². The maximum Gasteiger partial charge on any atom is 0.264 e. The van der Waals surface area contributed by atoms with Gasteiger partial charge in [-0.05, 0) is 19.1 Å². The van der Waals surface area contributed by atoms with E-state index in [4.69, 9.17) is 11.1 Å². The number of amidine groups is 1. The van der Waals surface area contributed by atoms with E-state index in [0.717, 1.165) is 5.69 Å². The van der Waals surface area contributed by atoms with E-state index in [1.165, 1.54) is 9.80 Å². The number of aliphatic hydroxyl groups excluding tert-OH is 1. The average Bonchev–Trinajstić information content (AvgIpc) is 2.57. The minimum atomic E-state index is -0.728. The largest absolute Gasteiger partial charge is 0.510 e. The lowest BCUT2D eigenvalue weighted by Crippen LogP contribution is -2.34. The molecule has 0 aliphatic carbocycles. The Balaban J connectivity index is 2.56. The van der Waals surface area contributed by atoms with Crippen molar-refractivity contribution >= 4 is 17.4 Å². The first-order valence-electron chi connectivity index (χ1n) is 6.51. The molecule has 0 spiro atoms. The fourth-order valence-corrected chi connectivity index (χ4v) is 1.97. The standard InChI is InChI=1S/C15H18N4O2/c1-10(16)13(20)12-14(17)19(9-8-18(2)15(12)21)11-6-4-3-5-7-11/h3-10,17,20H,16H2,1-2H3/b13-12-,17-14?/t10-/m0/s1. The first kappa shape index (κ1) is 14.8. The lowest BCUT2D eigenvalue weighted by Gasteiger charge is -2.21. The summed E-state index contributed by atoms with van der Waals surface area (Å²) in [4.78, 5) is 15.1. The number of hydrogen-bond acceptors (Lipinski definition) is 4. The van der Waals surface area contributed by atoms with Crippen molar-refractivity contribution in [2.45, 2.75) is 13.0 Å². The molecule has 6 nitrogen and oxygen atoms in total. The predicted octanol–water partition coefficient (Wildman–Crippen LogP) is 1.57. The van der Waals surface area contributed by atoms with Crippen LogP contribution in [0.25, 0.3) is 0 Å². The average molecular weight is 286 g/mol. The van der Waals surface area contributed by atoms with Crippen molar-refractivity contribution in [2.24, 2.45) is 5.73 Å². The molecular formula is C15H18N4O2. The number of aliphatic hydroxyl groups is 1. The number of amides is 1. The number of nitrogens with one attached hydrogen (secondary N) is 1. The molecule has 1 amide bonds. The number of carbonyl (C=O) groups excluding carboxylic acids is 1. The van der Waals surface area contributed by atoms with E-state index < -0.39 is 11.9 Å². The van der Waals surface area contributed by atoms with Gasteiger partial charge >= 0.3 is 0 Å². The molecule has 1 aromatic carbocycles. The van der Waals surface area contributed by atoms with Crippen LogP contribution in [0.2, 0.25) is 0 Å². The molecule has 110 valence electrons. The number of likely N-dealkylation sites (N-methyl/N-ethyl adjacent to an activating group) is 1. The maximum atomic E-state index is 12.3. The third kappa shape index (κ3) is 2.80. The molecular weight excluding hydrogens is 268 g/mol. The Morgan fingerprint density at radius 2 is 1.90 bits per heavy atom. The van der Waals surface area contributed by atoms with Crippen LogP contribution in [0.1, 0.15) is 6.92 Å². The zero-order valence-electron chi connectivity index (χ0n) is 11.9.